The lowest BCUT2D eigenvalue weighted by Crippen LogP contribution is -2.43. The number of carbonyl (C=O) groups is 2. The molecule has 1 N–H and O–H groups in total. The third-order valence-corrected chi connectivity index (χ3v) is 4.03. The van der Waals surface area contributed by atoms with Gasteiger partial charge in [-0.3, -0.25) is 4.79 Å². The third kappa shape index (κ3) is 6.44. The lowest BCUT2D eigenvalue weighted by Gasteiger charge is -2.17. The van der Waals surface area contributed by atoms with Crippen molar-refractivity contribution in [2.75, 3.05) is 7.11 Å². The second-order valence-electron chi connectivity index (χ2n) is 6.03. The van der Waals surface area contributed by atoms with Crippen LogP contribution in [-0.2, 0) is 33.3 Å². The average molecular weight is 379 g/mol. The fourth-order valence-corrected chi connectivity index (χ4v) is 2.57. The van der Waals surface area contributed by atoms with Crippen molar-refractivity contribution < 1.29 is 27.5 Å². The van der Waals surface area contributed by atoms with Crippen LogP contribution in [0.25, 0.3) is 0 Å². The van der Waals surface area contributed by atoms with E-state index < -0.39 is 23.8 Å². The lowest BCUT2D eigenvalue weighted by atomic mass is 10.0. The number of hydrogen-bond acceptors (Lipinski definition) is 3. The smallest absolute Gasteiger partial charge is 0.416 e. The normalized spacial score (nSPS) is 12.3. The first-order valence-corrected chi connectivity index (χ1v) is 8.37. The highest BCUT2D eigenvalue weighted by atomic mass is 19.4. The van der Waals surface area contributed by atoms with Gasteiger partial charge in [-0.1, -0.05) is 42.5 Å². The Balaban J connectivity index is 1.98. The summed E-state index contributed by atoms with van der Waals surface area (Å²) in [7, 11) is 1.19. The quantitative estimate of drug-likeness (QED) is 0.749. The first kappa shape index (κ1) is 20.5. The van der Waals surface area contributed by atoms with E-state index in [4.69, 9.17) is 4.74 Å². The molecule has 7 heteroatoms. The number of methoxy groups -OCH3 is 1. The van der Waals surface area contributed by atoms with E-state index in [2.05, 4.69) is 5.32 Å². The van der Waals surface area contributed by atoms with Crippen LogP contribution in [0.4, 0.5) is 13.2 Å². The van der Waals surface area contributed by atoms with Crippen molar-refractivity contribution in [3.63, 3.8) is 0 Å². The van der Waals surface area contributed by atoms with Gasteiger partial charge in [-0.2, -0.15) is 13.2 Å². The monoisotopic (exact) mass is 379 g/mol. The van der Waals surface area contributed by atoms with Gasteiger partial charge in [0.25, 0.3) is 0 Å². The van der Waals surface area contributed by atoms with E-state index >= 15 is 0 Å². The Hall–Kier alpha value is -2.83. The zero-order valence-electron chi connectivity index (χ0n) is 14.8. The molecular formula is C20H20F3NO3. The van der Waals surface area contributed by atoms with Crippen LogP contribution < -0.4 is 5.32 Å². The molecule has 1 amide bonds. The summed E-state index contributed by atoms with van der Waals surface area (Å²) in [6.45, 7) is 0. The van der Waals surface area contributed by atoms with E-state index in [9.17, 15) is 22.8 Å². The summed E-state index contributed by atoms with van der Waals surface area (Å²) in [6, 6.07) is 12.9. The van der Waals surface area contributed by atoms with Gasteiger partial charge in [0.15, 0.2) is 0 Å². The van der Waals surface area contributed by atoms with Gasteiger partial charge >= 0.3 is 12.1 Å². The molecule has 0 spiro atoms. The molecule has 2 aromatic carbocycles. The second-order valence-corrected chi connectivity index (χ2v) is 6.03. The number of carbonyl (C=O) groups excluding carboxylic acids is 2. The average Bonchev–Trinajstić information content (AvgIpc) is 2.65. The molecule has 0 fully saturated rings. The summed E-state index contributed by atoms with van der Waals surface area (Å²) in [6.07, 6.45) is -3.68. The van der Waals surface area contributed by atoms with Crippen LogP contribution >= 0.6 is 0 Å². The molecule has 0 radical (unpaired) electrons. The predicted molar refractivity (Wildman–Crippen MR) is 93.9 cm³/mol. The van der Waals surface area contributed by atoms with E-state index in [1.807, 2.05) is 30.3 Å². The molecule has 27 heavy (non-hydrogen) atoms. The summed E-state index contributed by atoms with van der Waals surface area (Å²) >= 11 is 0. The van der Waals surface area contributed by atoms with Crippen molar-refractivity contribution in [2.24, 2.45) is 0 Å². The van der Waals surface area contributed by atoms with Crippen LogP contribution in [0.1, 0.15) is 23.1 Å². The van der Waals surface area contributed by atoms with Crippen LogP contribution in [0.15, 0.2) is 54.6 Å². The number of ether oxygens (including phenoxy) is 1. The van der Waals surface area contributed by atoms with Gasteiger partial charge in [-0.15, -0.1) is 0 Å². The molecule has 0 unspecified atom stereocenters. The number of halogens is 3. The summed E-state index contributed by atoms with van der Waals surface area (Å²) < 4.78 is 42.6. The Labute approximate surface area is 155 Å². The van der Waals surface area contributed by atoms with Crippen LogP contribution in [-0.4, -0.2) is 25.0 Å². The van der Waals surface area contributed by atoms with Gasteiger partial charge in [-0.05, 0) is 29.7 Å². The van der Waals surface area contributed by atoms with Crippen LogP contribution in [0.5, 0.6) is 0 Å². The van der Waals surface area contributed by atoms with Crippen LogP contribution in [0.2, 0.25) is 0 Å². The third-order valence-electron chi connectivity index (χ3n) is 4.03. The maximum Gasteiger partial charge on any atom is 0.416 e. The van der Waals surface area contributed by atoms with Gasteiger partial charge in [0.1, 0.15) is 6.04 Å². The molecule has 0 aromatic heterocycles. The Bertz CT molecular complexity index is 758. The van der Waals surface area contributed by atoms with Gasteiger partial charge in [0.05, 0.1) is 12.7 Å². The molecule has 0 aliphatic carbocycles. The molecule has 2 rings (SSSR count). The molecule has 0 saturated carbocycles. The fourth-order valence-electron chi connectivity index (χ4n) is 2.57. The number of nitrogens with one attached hydrogen (secondary N) is 1. The molecule has 0 bridgehead atoms. The highest BCUT2D eigenvalue weighted by Gasteiger charge is 2.30. The van der Waals surface area contributed by atoms with Crippen LogP contribution in [0, 0.1) is 0 Å². The first-order valence-electron chi connectivity index (χ1n) is 8.37. The number of aryl methyl sites for hydroxylation is 1. The Morgan fingerprint density at radius 1 is 1.00 bits per heavy atom. The highest BCUT2D eigenvalue weighted by molar-refractivity contribution is 5.84. The van der Waals surface area contributed by atoms with E-state index in [0.717, 1.165) is 17.7 Å². The minimum absolute atomic E-state index is 0.0435. The molecule has 0 saturated heterocycles. The fraction of sp³-hybridized carbons (Fsp3) is 0.300. The van der Waals surface area contributed by atoms with Crippen molar-refractivity contribution in [2.45, 2.75) is 31.5 Å². The summed E-state index contributed by atoms with van der Waals surface area (Å²) in [4.78, 5) is 24.1. The van der Waals surface area contributed by atoms with Crippen molar-refractivity contribution in [3.05, 3.63) is 71.3 Å². The van der Waals surface area contributed by atoms with Crippen molar-refractivity contribution >= 4 is 11.9 Å². The zero-order chi connectivity index (χ0) is 19.9. The predicted octanol–water partition coefficient (Wildman–Crippen LogP) is 3.54. The molecule has 1 atom stereocenters. The Kier molecular flexibility index (Phi) is 6.98. The summed E-state index contributed by atoms with van der Waals surface area (Å²) in [5, 5.41) is 2.60. The van der Waals surface area contributed by atoms with Crippen molar-refractivity contribution in [1.29, 1.82) is 0 Å². The van der Waals surface area contributed by atoms with Gasteiger partial charge in [0.2, 0.25) is 5.91 Å². The van der Waals surface area contributed by atoms with Gasteiger partial charge in [-0.25, -0.2) is 4.79 Å². The number of amides is 1. The van der Waals surface area contributed by atoms with Crippen molar-refractivity contribution in [3.8, 4) is 0 Å². The lowest BCUT2D eigenvalue weighted by molar-refractivity contribution is -0.145. The van der Waals surface area contributed by atoms with E-state index in [-0.39, 0.29) is 18.7 Å². The Morgan fingerprint density at radius 3 is 2.19 bits per heavy atom. The Morgan fingerprint density at radius 2 is 1.63 bits per heavy atom. The standard InChI is InChI=1S/C20H20F3NO3/c1-27-19(26)17(13-15-7-10-16(11-8-15)20(21,22)23)24-18(25)12-9-14-5-3-2-4-6-14/h2-8,10-11,17H,9,12-13H2,1H3,(H,24,25)/t17-/m0/s1. The minimum Gasteiger partial charge on any atom is -0.467 e. The van der Waals surface area contributed by atoms with Crippen molar-refractivity contribution in [1.82, 2.24) is 5.32 Å². The first-order chi connectivity index (χ1) is 12.8. The number of rotatable bonds is 7. The highest BCUT2D eigenvalue weighted by Crippen LogP contribution is 2.29. The molecule has 0 heterocycles. The topological polar surface area (TPSA) is 55.4 Å². The van der Waals surface area contributed by atoms with E-state index in [1.54, 1.807) is 0 Å². The number of alkyl halides is 3. The molecule has 2 aromatic rings. The number of benzene rings is 2. The zero-order valence-corrected chi connectivity index (χ0v) is 14.8. The second kappa shape index (κ2) is 9.21. The molecular weight excluding hydrogens is 359 g/mol. The number of hydrogen-bond donors (Lipinski definition) is 1. The number of esters is 1. The SMILES string of the molecule is COC(=O)[C@H](Cc1ccc(C(F)(F)F)cc1)NC(=O)CCc1ccccc1. The molecule has 144 valence electrons. The van der Waals surface area contributed by atoms with Gasteiger partial charge < -0.3 is 10.1 Å². The van der Waals surface area contributed by atoms with Gasteiger partial charge in [0, 0.05) is 12.8 Å². The molecule has 0 aliphatic heterocycles. The summed E-state index contributed by atoms with van der Waals surface area (Å²) in [5.41, 5.74) is 0.708. The molecule has 4 nitrogen and oxygen atoms in total. The van der Waals surface area contributed by atoms with E-state index in [1.165, 1.54) is 19.2 Å². The van der Waals surface area contributed by atoms with Crippen LogP contribution in [0.3, 0.4) is 0 Å². The maximum atomic E-state index is 12.6. The summed E-state index contributed by atoms with van der Waals surface area (Å²) in [5.74, 6) is -0.982. The minimum atomic E-state index is -4.42. The maximum absolute atomic E-state index is 12.6. The molecule has 0 aliphatic rings. The van der Waals surface area contributed by atoms with E-state index in [0.29, 0.717) is 12.0 Å². The largest absolute Gasteiger partial charge is 0.467 e.